The van der Waals surface area contributed by atoms with Gasteiger partial charge in [0.05, 0.1) is 13.1 Å². The van der Waals surface area contributed by atoms with E-state index in [2.05, 4.69) is 14.6 Å². The van der Waals surface area contributed by atoms with Crippen molar-refractivity contribution < 1.29 is 14.3 Å². The van der Waals surface area contributed by atoms with E-state index in [0.29, 0.717) is 11.5 Å². The first-order valence-electron chi connectivity index (χ1n) is 7.58. The molecule has 24 heavy (non-hydrogen) atoms. The lowest BCUT2D eigenvalue weighted by Crippen LogP contribution is -2.52. The normalized spacial score (nSPS) is 17.5. The summed E-state index contributed by atoms with van der Waals surface area (Å²) >= 11 is 1.26. The summed E-state index contributed by atoms with van der Waals surface area (Å²) < 4.78 is 11.4. The molecule has 0 aliphatic carbocycles. The Balaban J connectivity index is 1.91. The summed E-state index contributed by atoms with van der Waals surface area (Å²) in [5.74, 6) is -0.110. The predicted molar refractivity (Wildman–Crippen MR) is 86.4 cm³/mol. The molecule has 0 bridgehead atoms. The van der Waals surface area contributed by atoms with Crippen LogP contribution in [0.15, 0.2) is 12.4 Å². The monoisotopic (exact) mass is 349 g/mol. The van der Waals surface area contributed by atoms with Crippen LogP contribution < -0.4 is 0 Å². The van der Waals surface area contributed by atoms with E-state index in [9.17, 15) is 9.59 Å². The van der Waals surface area contributed by atoms with Crippen LogP contribution in [0.2, 0.25) is 0 Å². The molecule has 0 saturated heterocycles. The molecule has 1 unspecified atom stereocenters. The number of amides is 1. The molecule has 3 rings (SSSR count). The Morgan fingerprint density at radius 1 is 1.38 bits per heavy atom. The molecule has 1 aliphatic heterocycles. The molecule has 0 N–H and O–H groups in total. The quantitative estimate of drug-likeness (QED) is 0.762. The topological polar surface area (TPSA) is 90.2 Å². The second-order valence-electron chi connectivity index (χ2n) is 6.70. The van der Waals surface area contributed by atoms with Crippen molar-refractivity contribution in [1.82, 2.24) is 24.0 Å². The van der Waals surface area contributed by atoms with Crippen LogP contribution in [0.1, 0.15) is 42.0 Å². The van der Waals surface area contributed by atoms with E-state index < -0.39 is 17.6 Å². The summed E-state index contributed by atoms with van der Waals surface area (Å²) in [6, 6.07) is 0.987. The molecule has 3 heterocycles. The number of fused-ring (bicyclic) bond motifs is 1. The Kier molecular flexibility index (Phi) is 4.12. The molecule has 2 aromatic heterocycles. The molecule has 9 heteroatoms. The Morgan fingerprint density at radius 2 is 2.12 bits per heavy atom. The van der Waals surface area contributed by atoms with Crippen LogP contribution in [0, 0.1) is 6.92 Å². The Bertz CT molecular complexity index is 776. The highest BCUT2D eigenvalue weighted by atomic mass is 32.1. The van der Waals surface area contributed by atoms with Gasteiger partial charge in [0.1, 0.15) is 23.7 Å². The highest BCUT2D eigenvalue weighted by Gasteiger charge is 2.39. The van der Waals surface area contributed by atoms with Crippen molar-refractivity contribution in [2.24, 2.45) is 0 Å². The summed E-state index contributed by atoms with van der Waals surface area (Å²) in [6.45, 7) is 7.74. The molecule has 1 amide bonds. The van der Waals surface area contributed by atoms with Gasteiger partial charge in [-0.15, -0.1) is 10.2 Å². The van der Waals surface area contributed by atoms with Crippen LogP contribution in [-0.4, -0.2) is 47.6 Å². The predicted octanol–water partition coefficient (Wildman–Crippen LogP) is 1.41. The Labute approximate surface area is 143 Å². The summed E-state index contributed by atoms with van der Waals surface area (Å²) in [7, 11) is 0. The van der Waals surface area contributed by atoms with E-state index in [-0.39, 0.29) is 19.0 Å². The number of rotatable bonds is 2. The number of carbonyl (C=O) groups excluding carboxylic acids is 2. The molecule has 0 fully saturated rings. The van der Waals surface area contributed by atoms with E-state index in [1.807, 2.05) is 6.92 Å². The number of aryl methyl sites for hydroxylation is 1. The van der Waals surface area contributed by atoms with E-state index in [1.54, 1.807) is 37.7 Å². The van der Waals surface area contributed by atoms with E-state index >= 15 is 0 Å². The maximum atomic E-state index is 12.8. The maximum Gasteiger partial charge on any atom is 0.331 e. The van der Waals surface area contributed by atoms with E-state index in [1.165, 1.54) is 16.4 Å². The fourth-order valence-corrected chi connectivity index (χ4v) is 3.04. The largest absolute Gasteiger partial charge is 0.458 e. The van der Waals surface area contributed by atoms with Crippen molar-refractivity contribution in [3.63, 3.8) is 0 Å². The minimum Gasteiger partial charge on any atom is -0.458 e. The third-order valence-corrected chi connectivity index (χ3v) is 4.23. The number of carbonyl (C=O) groups is 2. The standard InChI is InChI=1S/C15H19N5O3S/c1-9-5-10(18-24-9)13(21)20-7-12-17-16-8-19(12)6-11(20)14(22)23-15(2,3)4/h5,8,11H,6-7H2,1-4H3. The van der Waals surface area contributed by atoms with Crippen molar-refractivity contribution in [2.45, 2.75) is 52.4 Å². The number of hydrogen-bond donors (Lipinski definition) is 0. The van der Waals surface area contributed by atoms with Crippen LogP contribution in [-0.2, 0) is 22.6 Å². The SMILES string of the molecule is Cc1cc(C(=O)N2Cc3nncn3CC2C(=O)OC(C)(C)C)ns1. The van der Waals surface area contributed by atoms with E-state index in [4.69, 9.17) is 4.74 Å². The third-order valence-electron chi connectivity index (χ3n) is 3.54. The molecule has 0 saturated carbocycles. The minimum absolute atomic E-state index is 0.194. The Hall–Kier alpha value is -2.29. The molecule has 0 radical (unpaired) electrons. The second-order valence-corrected chi connectivity index (χ2v) is 7.71. The van der Waals surface area contributed by atoms with Crippen molar-refractivity contribution in [2.75, 3.05) is 0 Å². The lowest BCUT2D eigenvalue weighted by Gasteiger charge is -2.35. The first kappa shape index (κ1) is 16.6. The number of esters is 1. The van der Waals surface area contributed by atoms with Gasteiger partial charge in [-0.25, -0.2) is 4.79 Å². The average Bonchev–Trinajstić information content (AvgIpc) is 3.11. The number of nitrogens with zero attached hydrogens (tertiary/aromatic N) is 5. The fraction of sp³-hybridized carbons (Fsp3) is 0.533. The van der Waals surface area contributed by atoms with Crippen LogP contribution in [0.4, 0.5) is 0 Å². The van der Waals surface area contributed by atoms with Gasteiger partial charge in [-0.05, 0) is 45.3 Å². The Morgan fingerprint density at radius 3 is 2.75 bits per heavy atom. The van der Waals surface area contributed by atoms with Gasteiger partial charge in [0.2, 0.25) is 0 Å². The van der Waals surface area contributed by atoms with E-state index in [0.717, 1.165) is 4.88 Å². The number of hydrogen-bond acceptors (Lipinski definition) is 7. The summed E-state index contributed by atoms with van der Waals surface area (Å²) in [6.07, 6.45) is 1.56. The fourth-order valence-electron chi connectivity index (χ4n) is 2.50. The zero-order valence-corrected chi connectivity index (χ0v) is 14.8. The van der Waals surface area contributed by atoms with Crippen molar-refractivity contribution in [3.8, 4) is 0 Å². The summed E-state index contributed by atoms with van der Waals surface area (Å²) in [5, 5.41) is 7.86. The zero-order valence-electron chi connectivity index (χ0n) is 14.0. The van der Waals surface area contributed by atoms with Crippen molar-refractivity contribution in [3.05, 3.63) is 28.8 Å². The molecule has 1 aliphatic rings. The number of ether oxygens (including phenoxy) is 1. The van der Waals surface area contributed by atoms with Crippen LogP contribution in [0.25, 0.3) is 0 Å². The highest BCUT2D eigenvalue weighted by Crippen LogP contribution is 2.22. The van der Waals surface area contributed by atoms with Crippen LogP contribution >= 0.6 is 11.5 Å². The molecule has 0 aromatic carbocycles. The smallest absolute Gasteiger partial charge is 0.331 e. The molecule has 0 spiro atoms. The average molecular weight is 349 g/mol. The molecule has 128 valence electrons. The van der Waals surface area contributed by atoms with Gasteiger partial charge in [-0.3, -0.25) is 4.79 Å². The first-order valence-corrected chi connectivity index (χ1v) is 8.36. The van der Waals surface area contributed by atoms with Crippen LogP contribution in [0.5, 0.6) is 0 Å². The summed E-state index contributed by atoms with van der Waals surface area (Å²) in [4.78, 5) is 27.8. The maximum absolute atomic E-state index is 12.8. The molecule has 8 nitrogen and oxygen atoms in total. The molecular weight excluding hydrogens is 330 g/mol. The lowest BCUT2D eigenvalue weighted by molar-refractivity contribution is -0.162. The molecule has 2 aromatic rings. The van der Waals surface area contributed by atoms with Crippen molar-refractivity contribution >= 4 is 23.4 Å². The molecule has 1 atom stereocenters. The van der Waals surface area contributed by atoms with Gasteiger partial charge in [-0.1, -0.05) is 0 Å². The second kappa shape index (κ2) is 5.97. The third kappa shape index (κ3) is 3.30. The molecular formula is C15H19N5O3S. The van der Waals surface area contributed by atoms with Gasteiger partial charge in [0.25, 0.3) is 5.91 Å². The van der Waals surface area contributed by atoms with Gasteiger partial charge in [0.15, 0.2) is 5.82 Å². The van der Waals surface area contributed by atoms with Gasteiger partial charge in [-0.2, -0.15) is 4.37 Å². The summed E-state index contributed by atoms with van der Waals surface area (Å²) in [5.41, 5.74) is -0.296. The van der Waals surface area contributed by atoms with Crippen LogP contribution in [0.3, 0.4) is 0 Å². The number of aromatic nitrogens is 4. The first-order chi connectivity index (χ1) is 11.2. The van der Waals surface area contributed by atoms with Crippen molar-refractivity contribution in [1.29, 1.82) is 0 Å². The minimum atomic E-state index is -0.734. The lowest BCUT2D eigenvalue weighted by atomic mass is 10.1. The van der Waals surface area contributed by atoms with Gasteiger partial charge in [0, 0.05) is 4.88 Å². The van der Waals surface area contributed by atoms with Gasteiger partial charge >= 0.3 is 5.97 Å². The highest BCUT2D eigenvalue weighted by molar-refractivity contribution is 7.05. The van der Waals surface area contributed by atoms with Gasteiger partial charge < -0.3 is 14.2 Å². The zero-order chi connectivity index (χ0) is 17.5.